The summed E-state index contributed by atoms with van der Waals surface area (Å²) in [5.74, 6) is 0.997. The molecule has 0 saturated carbocycles. The first-order valence-electron chi connectivity index (χ1n) is 8.91. The molecule has 0 unspecified atom stereocenters. The SMILES string of the molecule is CN(C)c1ccc(-n2cc3ccccc3c2-n2nnc3ccccc32)cc1. The fraction of sp³-hybridized carbons (Fsp3) is 0.0909. The molecule has 5 heteroatoms. The fourth-order valence-electron chi connectivity index (χ4n) is 3.49. The second-order valence-electron chi connectivity index (χ2n) is 6.81. The van der Waals surface area contributed by atoms with Crippen molar-refractivity contribution in [1.82, 2.24) is 19.6 Å². The average Bonchev–Trinajstić information content (AvgIpc) is 3.29. The molecule has 0 aliphatic heterocycles. The second-order valence-corrected chi connectivity index (χ2v) is 6.81. The number of hydrogen-bond acceptors (Lipinski definition) is 3. The Hall–Kier alpha value is -3.60. The highest BCUT2D eigenvalue weighted by Gasteiger charge is 2.16. The van der Waals surface area contributed by atoms with Gasteiger partial charge in [-0.15, -0.1) is 5.10 Å². The normalized spacial score (nSPS) is 11.3. The highest BCUT2D eigenvalue weighted by Crippen LogP contribution is 2.30. The van der Waals surface area contributed by atoms with Gasteiger partial charge < -0.3 is 9.47 Å². The van der Waals surface area contributed by atoms with Gasteiger partial charge in [-0.25, -0.2) is 0 Å². The van der Waals surface area contributed by atoms with Crippen LogP contribution in [0.4, 0.5) is 5.69 Å². The monoisotopic (exact) mass is 353 g/mol. The lowest BCUT2D eigenvalue weighted by Gasteiger charge is -2.14. The highest BCUT2D eigenvalue weighted by molar-refractivity contribution is 5.92. The number of nitrogens with zero attached hydrogens (tertiary/aromatic N) is 5. The van der Waals surface area contributed by atoms with E-state index >= 15 is 0 Å². The third kappa shape index (κ3) is 2.47. The van der Waals surface area contributed by atoms with Crippen molar-refractivity contribution >= 4 is 27.5 Å². The van der Waals surface area contributed by atoms with E-state index in [1.165, 1.54) is 11.1 Å². The standard InChI is InChI=1S/C22H19N5/c1-25(2)17-11-13-18(14-12-17)26-15-16-7-3-4-8-19(16)22(26)27-21-10-6-5-9-20(21)23-24-27/h3-15H,1-2H3. The summed E-state index contributed by atoms with van der Waals surface area (Å²) in [6.45, 7) is 0. The summed E-state index contributed by atoms with van der Waals surface area (Å²) in [6.07, 6.45) is 2.16. The molecule has 5 rings (SSSR count). The van der Waals surface area contributed by atoms with Crippen LogP contribution < -0.4 is 4.90 Å². The minimum Gasteiger partial charge on any atom is -0.378 e. The number of aromatic nitrogens is 4. The van der Waals surface area contributed by atoms with E-state index in [2.05, 4.69) is 80.6 Å². The molecule has 0 saturated heterocycles. The maximum atomic E-state index is 4.46. The van der Waals surface area contributed by atoms with E-state index in [9.17, 15) is 0 Å². The van der Waals surface area contributed by atoms with Crippen LogP contribution in [0.2, 0.25) is 0 Å². The summed E-state index contributed by atoms with van der Waals surface area (Å²) < 4.78 is 4.11. The maximum absolute atomic E-state index is 4.46. The van der Waals surface area contributed by atoms with Gasteiger partial charge in [-0.2, -0.15) is 4.68 Å². The van der Waals surface area contributed by atoms with Crippen LogP contribution in [-0.2, 0) is 0 Å². The topological polar surface area (TPSA) is 38.9 Å². The van der Waals surface area contributed by atoms with Gasteiger partial charge in [-0.05, 0) is 36.4 Å². The van der Waals surface area contributed by atoms with E-state index < -0.39 is 0 Å². The molecule has 5 aromatic rings. The molecule has 2 heterocycles. The van der Waals surface area contributed by atoms with Crippen LogP contribution in [0.3, 0.4) is 0 Å². The van der Waals surface area contributed by atoms with Crippen LogP contribution in [0.5, 0.6) is 0 Å². The fourth-order valence-corrected chi connectivity index (χ4v) is 3.49. The minimum absolute atomic E-state index is 0.886. The van der Waals surface area contributed by atoms with E-state index in [4.69, 9.17) is 0 Å². The molecule has 132 valence electrons. The minimum atomic E-state index is 0.886. The van der Waals surface area contributed by atoms with Crippen molar-refractivity contribution in [3.05, 3.63) is 79.0 Å². The number of hydrogen-bond donors (Lipinski definition) is 0. The molecule has 0 aliphatic carbocycles. The maximum Gasteiger partial charge on any atom is 0.149 e. The van der Waals surface area contributed by atoms with Crippen molar-refractivity contribution in [2.45, 2.75) is 0 Å². The van der Waals surface area contributed by atoms with Crippen molar-refractivity contribution in [2.24, 2.45) is 0 Å². The first-order chi connectivity index (χ1) is 13.2. The van der Waals surface area contributed by atoms with Crippen molar-refractivity contribution in [3.8, 4) is 11.5 Å². The number of benzene rings is 3. The summed E-state index contributed by atoms with van der Waals surface area (Å²) in [5, 5.41) is 11.1. The molecule has 27 heavy (non-hydrogen) atoms. The van der Waals surface area contributed by atoms with Gasteiger partial charge in [0.25, 0.3) is 0 Å². The van der Waals surface area contributed by atoms with Gasteiger partial charge in [-0.1, -0.05) is 41.6 Å². The third-order valence-corrected chi connectivity index (χ3v) is 4.89. The number of para-hydroxylation sites is 1. The Morgan fingerprint density at radius 1 is 0.815 bits per heavy atom. The van der Waals surface area contributed by atoms with Crippen LogP contribution in [0.1, 0.15) is 0 Å². The molecule has 0 aliphatic rings. The second kappa shape index (κ2) is 5.99. The molecule has 0 fully saturated rings. The molecule has 0 bridgehead atoms. The van der Waals surface area contributed by atoms with Gasteiger partial charge in [0.15, 0.2) is 0 Å². The Bertz CT molecular complexity index is 1240. The first kappa shape index (κ1) is 15.6. The zero-order valence-corrected chi connectivity index (χ0v) is 15.2. The van der Waals surface area contributed by atoms with Crippen molar-refractivity contribution < 1.29 is 0 Å². The summed E-state index contributed by atoms with van der Waals surface area (Å²) in [4.78, 5) is 2.10. The molecular weight excluding hydrogens is 334 g/mol. The number of rotatable bonds is 3. The molecule has 0 N–H and O–H groups in total. The van der Waals surface area contributed by atoms with E-state index in [0.717, 1.165) is 27.9 Å². The van der Waals surface area contributed by atoms with Crippen LogP contribution in [0.15, 0.2) is 79.0 Å². The molecule has 0 atom stereocenters. The Balaban J connectivity index is 1.79. The predicted molar refractivity (Wildman–Crippen MR) is 110 cm³/mol. The first-order valence-corrected chi connectivity index (χ1v) is 8.91. The quantitative estimate of drug-likeness (QED) is 0.482. The van der Waals surface area contributed by atoms with Gasteiger partial charge in [-0.3, -0.25) is 0 Å². The van der Waals surface area contributed by atoms with Crippen molar-refractivity contribution in [1.29, 1.82) is 0 Å². The lowest BCUT2D eigenvalue weighted by molar-refractivity contribution is 0.786. The molecule has 0 amide bonds. The van der Waals surface area contributed by atoms with E-state index in [-0.39, 0.29) is 0 Å². The van der Waals surface area contributed by atoms with E-state index in [0.29, 0.717) is 0 Å². The van der Waals surface area contributed by atoms with Crippen LogP contribution in [0, 0.1) is 0 Å². The van der Waals surface area contributed by atoms with Crippen molar-refractivity contribution in [2.75, 3.05) is 19.0 Å². The molecular formula is C22H19N5. The summed E-state index contributed by atoms with van der Waals surface area (Å²) in [7, 11) is 4.10. The lowest BCUT2D eigenvalue weighted by atomic mass is 10.2. The Kier molecular flexibility index (Phi) is 3.47. The molecule has 3 aromatic carbocycles. The molecule has 5 nitrogen and oxygen atoms in total. The van der Waals surface area contributed by atoms with Crippen LogP contribution >= 0.6 is 0 Å². The van der Waals surface area contributed by atoms with Gasteiger partial charge in [0.1, 0.15) is 11.3 Å². The highest BCUT2D eigenvalue weighted by atomic mass is 15.5. The summed E-state index contributed by atoms with van der Waals surface area (Å²) in [5.41, 5.74) is 4.14. The third-order valence-electron chi connectivity index (χ3n) is 4.89. The largest absolute Gasteiger partial charge is 0.378 e. The van der Waals surface area contributed by atoms with Crippen LogP contribution in [-0.4, -0.2) is 33.7 Å². The number of anilines is 1. The molecule has 0 radical (unpaired) electrons. The van der Waals surface area contributed by atoms with Gasteiger partial charge >= 0.3 is 0 Å². The smallest absolute Gasteiger partial charge is 0.149 e. The van der Waals surface area contributed by atoms with E-state index in [1.807, 2.05) is 37.0 Å². The lowest BCUT2D eigenvalue weighted by Crippen LogP contribution is -2.09. The zero-order valence-electron chi connectivity index (χ0n) is 15.2. The molecule has 0 spiro atoms. The predicted octanol–water partition coefficient (Wildman–Crippen LogP) is 4.43. The summed E-state index contributed by atoms with van der Waals surface area (Å²) in [6, 6.07) is 24.9. The van der Waals surface area contributed by atoms with Gasteiger partial charge in [0, 0.05) is 42.4 Å². The Labute approximate surface area is 157 Å². The zero-order chi connectivity index (χ0) is 18.4. The van der Waals surface area contributed by atoms with Crippen LogP contribution in [0.25, 0.3) is 33.3 Å². The van der Waals surface area contributed by atoms with Gasteiger partial charge in [0.2, 0.25) is 0 Å². The summed E-state index contributed by atoms with van der Waals surface area (Å²) >= 11 is 0. The number of fused-ring (bicyclic) bond motifs is 2. The van der Waals surface area contributed by atoms with E-state index in [1.54, 1.807) is 0 Å². The Morgan fingerprint density at radius 2 is 1.56 bits per heavy atom. The Morgan fingerprint density at radius 3 is 2.37 bits per heavy atom. The molecule has 2 aromatic heterocycles. The van der Waals surface area contributed by atoms with Crippen molar-refractivity contribution in [3.63, 3.8) is 0 Å². The van der Waals surface area contributed by atoms with Gasteiger partial charge in [0.05, 0.1) is 5.52 Å². The average molecular weight is 353 g/mol.